The minimum absolute atomic E-state index is 0.0632. The van der Waals surface area contributed by atoms with Crippen LogP contribution in [0.4, 0.5) is 9.18 Å². The van der Waals surface area contributed by atoms with Crippen LogP contribution in [0.2, 0.25) is 0 Å². The van der Waals surface area contributed by atoms with Crippen LogP contribution in [0.25, 0.3) is 0 Å². The van der Waals surface area contributed by atoms with E-state index in [-0.39, 0.29) is 18.2 Å². The molecule has 2 unspecified atom stereocenters. The first kappa shape index (κ1) is 18.4. The zero-order chi connectivity index (χ0) is 16.5. The molecule has 0 fully saturated rings. The predicted molar refractivity (Wildman–Crippen MR) is 83.0 cm³/mol. The van der Waals surface area contributed by atoms with Crippen LogP contribution in [0, 0.1) is 11.7 Å². The van der Waals surface area contributed by atoms with Gasteiger partial charge in [-0.2, -0.15) is 0 Å². The Bertz CT molecular complexity index is 468. The summed E-state index contributed by atoms with van der Waals surface area (Å²) in [7, 11) is 0. The summed E-state index contributed by atoms with van der Waals surface area (Å²) in [6.07, 6.45) is -1.08. The van der Waals surface area contributed by atoms with Gasteiger partial charge < -0.3 is 20.5 Å². The van der Waals surface area contributed by atoms with Gasteiger partial charge in [0.15, 0.2) is 0 Å². The topological polar surface area (TPSA) is 70.6 Å². The van der Waals surface area contributed by atoms with Gasteiger partial charge in [-0.1, -0.05) is 32.0 Å². The molecule has 0 saturated heterocycles. The lowest BCUT2D eigenvalue weighted by Gasteiger charge is -2.17. The minimum Gasteiger partial charge on any atom is -0.386 e. The van der Waals surface area contributed by atoms with E-state index in [4.69, 9.17) is 4.74 Å². The number of benzene rings is 1. The molecule has 0 heterocycles. The van der Waals surface area contributed by atoms with Crippen molar-refractivity contribution in [3.8, 4) is 0 Å². The van der Waals surface area contributed by atoms with Crippen LogP contribution in [-0.2, 0) is 4.74 Å². The van der Waals surface area contributed by atoms with Crippen LogP contribution in [0.15, 0.2) is 24.3 Å². The van der Waals surface area contributed by atoms with Gasteiger partial charge in [-0.25, -0.2) is 9.18 Å². The fraction of sp³-hybridized carbons (Fsp3) is 0.562. The highest BCUT2D eigenvalue weighted by molar-refractivity contribution is 5.74. The summed E-state index contributed by atoms with van der Waals surface area (Å²) in [4.78, 5) is 11.7. The molecule has 124 valence electrons. The molecular formula is C16H25FN2O3. The third kappa shape index (κ3) is 6.87. The number of aliphatic hydroxyl groups is 1. The minimum atomic E-state index is -1.08. The molecule has 0 aliphatic rings. The van der Waals surface area contributed by atoms with Gasteiger partial charge in [-0.05, 0) is 18.9 Å². The zero-order valence-electron chi connectivity index (χ0n) is 13.3. The molecule has 2 atom stereocenters. The summed E-state index contributed by atoms with van der Waals surface area (Å²) in [5.74, 6) is -0.0513. The van der Waals surface area contributed by atoms with Crippen LogP contribution in [-0.4, -0.2) is 36.9 Å². The molecule has 0 aliphatic heterocycles. The maximum absolute atomic E-state index is 13.5. The fourth-order valence-corrected chi connectivity index (χ4v) is 1.84. The Balaban J connectivity index is 2.29. The van der Waals surface area contributed by atoms with Crippen LogP contribution >= 0.6 is 0 Å². The van der Waals surface area contributed by atoms with E-state index < -0.39 is 18.0 Å². The largest absolute Gasteiger partial charge is 0.386 e. The molecule has 0 aliphatic carbocycles. The highest BCUT2D eigenvalue weighted by atomic mass is 19.1. The molecule has 0 aromatic heterocycles. The maximum Gasteiger partial charge on any atom is 0.315 e. The average molecular weight is 312 g/mol. The van der Waals surface area contributed by atoms with Crippen LogP contribution < -0.4 is 10.6 Å². The lowest BCUT2D eigenvalue weighted by atomic mass is 10.1. The Hall–Kier alpha value is -1.66. The number of carbonyl (C=O) groups is 1. The highest BCUT2D eigenvalue weighted by Crippen LogP contribution is 2.15. The molecule has 1 aromatic carbocycles. The molecule has 5 nitrogen and oxygen atoms in total. The van der Waals surface area contributed by atoms with Crippen molar-refractivity contribution in [2.75, 3.05) is 19.8 Å². The first-order valence-electron chi connectivity index (χ1n) is 7.44. The Morgan fingerprint density at radius 1 is 1.27 bits per heavy atom. The summed E-state index contributed by atoms with van der Waals surface area (Å²) in [6.45, 7) is 6.92. The molecule has 22 heavy (non-hydrogen) atoms. The monoisotopic (exact) mass is 312 g/mol. The summed E-state index contributed by atoms with van der Waals surface area (Å²) in [5, 5.41) is 15.1. The molecule has 1 aromatic rings. The number of carbonyl (C=O) groups excluding carboxylic acids is 1. The maximum atomic E-state index is 13.5. The van der Waals surface area contributed by atoms with Crippen molar-refractivity contribution >= 4 is 6.03 Å². The number of urea groups is 1. The third-order valence-electron chi connectivity index (χ3n) is 2.92. The van der Waals surface area contributed by atoms with Crippen molar-refractivity contribution in [1.29, 1.82) is 0 Å². The molecule has 0 saturated carbocycles. The average Bonchev–Trinajstić information content (AvgIpc) is 2.44. The predicted octanol–water partition coefficient (Wildman–Crippen LogP) is 2.22. The van der Waals surface area contributed by atoms with Crippen molar-refractivity contribution in [3.05, 3.63) is 35.6 Å². The Kier molecular flexibility index (Phi) is 7.84. The van der Waals surface area contributed by atoms with E-state index in [0.29, 0.717) is 19.1 Å². The number of ether oxygens (including phenoxy) is 1. The van der Waals surface area contributed by atoms with E-state index in [1.807, 2.05) is 6.92 Å². The molecule has 2 amide bonds. The van der Waals surface area contributed by atoms with Crippen molar-refractivity contribution in [2.24, 2.45) is 5.92 Å². The normalized spacial score (nSPS) is 13.7. The van der Waals surface area contributed by atoms with Gasteiger partial charge >= 0.3 is 6.03 Å². The van der Waals surface area contributed by atoms with E-state index in [2.05, 4.69) is 24.5 Å². The number of hydrogen-bond acceptors (Lipinski definition) is 3. The van der Waals surface area contributed by atoms with Gasteiger partial charge in [0.25, 0.3) is 0 Å². The van der Waals surface area contributed by atoms with Crippen LogP contribution in [0.5, 0.6) is 0 Å². The first-order chi connectivity index (χ1) is 10.4. The SMILES string of the molecule is CC(C)COCC(C)NC(=O)NCC(O)c1ccccc1F. The van der Waals surface area contributed by atoms with Crippen molar-refractivity contribution in [2.45, 2.75) is 32.9 Å². The van der Waals surface area contributed by atoms with Gasteiger partial charge in [-0.15, -0.1) is 0 Å². The Labute approximate surface area is 130 Å². The van der Waals surface area contributed by atoms with Gasteiger partial charge in [0.1, 0.15) is 5.82 Å². The van der Waals surface area contributed by atoms with Gasteiger partial charge in [0.05, 0.1) is 18.8 Å². The number of hydrogen-bond donors (Lipinski definition) is 3. The number of nitrogens with one attached hydrogen (secondary N) is 2. The van der Waals surface area contributed by atoms with E-state index in [0.717, 1.165) is 0 Å². The second-order valence-corrected chi connectivity index (χ2v) is 5.72. The number of halogens is 1. The van der Waals surface area contributed by atoms with E-state index in [1.165, 1.54) is 12.1 Å². The van der Waals surface area contributed by atoms with Crippen molar-refractivity contribution < 1.29 is 19.0 Å². The molecule has 3 N–H and O–H groups in total. The second kappa shape index (κ2) is 9.38. The number of aliphatic hydroxyl groups excluding tert-OH is 1. The molecule has 0 radical (unpaired) electrons. The quantitative estimate of drug-likeness (QED) is 0.689. The lowest BCUT2D eigenvalue weighted by Crippen LogP contribution is -2.44. The van der Waals surface area contributed by atoms with Gasteiger partial charge in [0, 0.05) is 18.7 Å². The van der Waals surface area contributed by atoms with Crippen molar-refractivity contribution in [3.63, 3.8) is 0 Å². The Morgan fingerprint density at radius 3 is 2.59 bits per heavy atom. The second-order valence-electron chi connectivity index (χ2n) is 5.72. The number of amides is 2. The molecule has 0 bridgehead atoms. The van der Waals surface area contributed by atoms with Gasteiger partial charge in [-0.3, -0.25) is 0 Å². The van der Waals surface area contributed by atoms with E-state index >= 15 is 0 Å². The zero-order valence-corrected chi connectivity index (χ0v) is 13.3. The molecule has 0 spiro atoms. The fourth-order valence-electron chi connectivity index (χ4n) is 1.84. The summed E-state index contributed by atoms with van der Waals surface area (Å²) < 4.78 is 18.9. The highest BCUT2D eigenvalue weighted by Gasteiger charge is 2.14. The standard InChI is InChI=1S/C16H25FN2O3/c1-11(2)9-22-10-12(3)19-16(21)18-8-15(20)13-6-4-5-7-14(13)17/h4-7,11-12,15,20H,8-10H2,1-3H3,(H2,18,19,21). The Morgan fingerprint density at radius 2 is 1.95 bits per heavy atom. The number of rotatable bonds is 8. The van der Waals surface area contributed by atoms with E-state index in [1.54, 1.807) is 12.1 Å². The summed E-state index contributed by atoms with van der Waals surface area (Å²) in [6, 6.07) is 5.37. The molecule has 6 heteroatoms. The van der Waals surface area contributed by atoms with Crippen LogP contribution in [0.1, 0.15) is 32.4 Å². The van der Waals surface area contributed by atoms with E-state index in [9.17, 15) is 14.3 Å². The lowest BCUT2D eigenvalue weighted by molar-refractivity contribution is 0.0951. The van der Waals surface area contributed by atoms with Crippen molar-refractivity contribution in [1.82, 2.24) is 10.6 Å². The molecular weight excluding hydrogens is 287 g/mol. The van der Waals surface area contributed by atoms with Gasteiger partial charge in [0.2, 0.25) is 0 Å². The summed E-state index contributed by atoms with van der Waals surface area (Å²) >= 11 is 0. The molecule has 1 rings (SSSR count). The third-order valence-corrected chi connectivity index (χ3v) is 2.92. The summed E-state index contributed by atoms with van der Waals surface area (Å²) in [5.41, 5.74) is 0.163. The smallest absolute Gasteiger partial charge is 0.315 e. The van der Waals surface area contributed by atoms with Crippen LogP contribution in [0.3, 0.4) is 0 Å². The first-order valence-corrected chi connectivity index (χ1v) is 7.44.